The zero-order valence-electron chi connectivity index (χ0n) is 26.0. The summed E-state index contributed by atoms with van der Waals surface area (Å²) in [7, 11) is 0. The van der Waals surface area contributed by atoms with Crippen molar-refractivity contribution in [3.8, 4) is 34.2 Å². The normalized spacial score (nSPS) is 12.1. The van der Waals surface area contributed by atoms with E-state index in [9.17, 15) is 0 Å². The van der Waals surface area contributed by atoms with Crippen molar-refractivity contribution in [2.45, 2.75) is 6.92 Å². The van der Waals surface area contributed by atoms with Gasteiger partial charge in [-0.15, -0.1) is 0 Å². The molecule has 3 aromatic heterocycles. The van der Waals surface area contributed by atoms with Crippen LogP contribution in [0, 0.1) is 0 Å². The van der Waals surface area contributed by atoms with Crippen LogP contribution in [-0.2, 0) is 0 Å². The van der Waals surface area contributed by atoms with E-state index in [-0.39, 0.29) is 0 Å². The van der Waals surface area contributed by atoms with Gasteiger partial charge in [-0.3, -0.25) is 0 Å². The third kappa shape index (κ3) is 4.38. The Labute approximate surface area is 275 Å². The lowest BCUT2D eigenvalue weighted by atomic mass is 9.91. The number of nitrogens with two attached hydrogens (primary N) is 1. The molecule has 6 aromatic carbocycles. The summed E-state index contributed by atoms with van der Waals surface area (Å²) < 4.78 is 12.2. The third-order valence-electron chi connectivity index (χ3n) is 8.94. The molecule has 0 aliphatic rings. The number of rotatable bonds is 5. The Morgan fingerprint density at radius 1 is 0.521 bits per heavy atom. The minimum atomic E-state index is 0.396. The second kappa shape index (κ2) is 11.1. The molecule has 228 valence electrons. The average Bonchev–Trinajstić information content (AvgIpc) is 3.69. The fraction of sp³-hybridized carbons (Fsp3) is 0.0238. The SMILES string of the molecule is C/C=C(\c1c(N)oc2ccccc12)c1cccc2c(-c3nc(-c4ccccc4)nc(-c4cccc5oc6ccccc6c45)n3)cccc12. The number of nitrogens with zero attached hydrogens (tertiary/aromatic N) is 3. The summed E-state index contributed by atoms with van der Waals surface area (Å²) in [5.41, 5.74) is 14.5. The lowest BCUT2D eigenvalue weighted by molar-refractivity contribution is 0.636. The highest BCUT2D eigenvalue weighted by atomic mass is 16.3. The van der Waals surface area contributed by atoms with Crippen molar-refractivity contribution in [3.05, 3.63) is 151 Å². The van der Waals surface area contributed by atoms with Crippen molar-refractivity contribution >= 4 is 55.1 Å². The Morgan fingerprint density at radius 2 is 1.10 bits per heavy atom. The third-order valence-corrected chi connectivity index (χ3v) is 8.94. The maximum atomic E-state index is 6.50. The highest BCUT2D eigenvalue weighted by molar-refractivity contribution is 6.12. The molecule has 2 N–H and O–H groups in total. The summed E-state index contributed by atoms with van der Waals surface area (Å²) in [4.78, 5) is 15.3. The van der Waals surface area contributed by atoms with Crippen LogP contribution in [0.2, 0.25) is 0 Å². The highest BCUT2D eigenvalue weighted by Gasteiger charge is 2.21. The maximum absolute atomic E-state index is 6.50. The number of allylic oxidation sites excluding steroid dienone is 1. The van der Waals surface area contributed by atoms with Crippen LogP contribution < -0.4 is 5.73 Å². The summed E-state index contributed by atoms with van der Waals surface area (Å²) in [6.07, 6.45) is 2.10. The van der Waals surface area contributed by atoms with Crippen molar-refractivity contribution in [1.29, 1.82) is 0 Å². The number of benzene rings is 6. The monoisotopic (exact) mass is 620 g/mol. The van der Waals surface area contributed by atoms with Gasteiger partial charge in [0.25, 0.3) is 0 Å². The van der Waals surface area contributed by atoms with E-state index in [0.29, 0.717) is 23.4 Å². The number of para-hydroxylation sites is 2. The summed E-state index contributed by atoms with van der Waals surface area (Å²) in [5.74, 6) is 2.16. The fourth-order valence-electron chi connectivity index (χ4n) is 6.81. The Hall–Kier alpha value is -6.53. The van der Waals surface area contributed by atoms with E-state index in [1.165, 1.54) is 0 Å². The predicted molar refractivity (Wildman–Crippen MR) is 194 cm³/mol. The van der Waals surface area contributed by atoms with Gasteiger partial charge in [0.15, 0.2) is 23.4 Å². The van der Waals surface area contributed by atoms with Crippen LogP contribution in [-0.4, -0.2) is 15.0 Å². The molecule has 3 heterocycles. The highest BCUT2D eigenvalue weighted by Crippen LogP contribution is 2.41. The Bertz CT molecular complexity index is 2700. The van der Waals surface area contributed by atoms with Crippen molar-refractivity contribution in [2.24, 2.45) is 0 Å². The lowest BCUT2D eigenvalue weighted by Gasteiger charge is -2.14. The van der Waals surface area contributed by atoms with E-state index >= 15 is 0 Å². The second-order valence-corrected chi connectivity index (χ2v) is 11.7. The number of furan rings is 2. The summed E-state index contributed by atoms with van der Waals surface area (Å²) in [6, 6.07) is 44.7. The van der Waals surface area contributed by atoms with Crippen molar-refractivity contribution in [1.82, 2.24) is 15.0 Å². The summed E-state index contributed by atoms with van der Waals surface area (Å²) >= 11 is 0. The first-order chi connectivity index (χ1) is 23.7. The van der Waals surface area contributed by atoms with Gasteiger partial charge in [0.05, 0.1) is 5.56 Å². The number of hydrogen-bond donors (Lipinski definition) is 1. The smallest absolute Gasteiger partial charge is 0.199 e. The van der Waals surface area contributed by atoms with Crippen molar-refractivity contribution in [2.75, 3.05) is 5.73 Å². The Balaban J connectivity index is 1.28. The van der Waals surface area contributed by atoms with Crippen LogP contribution in [0.15, 0.2) is 148 Å². The first-order valence-corrected chi connectivity index (χ1v) is 15.9. The molecule has 6 nitrogen and oxygen atoms in total. The number of nitrogen functional groups attached to an aromatic ring is 1. The molecule has 0 amide bonds. The minimum Gasteiger partial charge on any atom is -0.456 e. The van der Waals surface area contributed by atoms with Gasteiger partial charge in [-0.1, -0.05) is 121 Å². The largest absolute Gasteiger partial charge is 0.456 e. The molecular formula is C42H28N4O2. The van der Waals surface area contributed by atoms with Crippen LogP contribution in [0.1, 0.15) is 18.1 Å². The van der Waals surface area contributed by atoms with Crippen LogP contribution in [0.4, 0.5) is 5.88 Å². The Kier molecular flexibility index (Phi) is 6.40. The molecule has 0 saturated carbocycles. The molecule has 0 aliphatic carbocycles. The molecule has 0 aliphatic heterocycles. The molecule has 0 bridgehead atoms. The van der Waals surface area contributed by atoms with Gasteiger partial charge in [-0.2, -0.15) is 0 Å². The van der Waals surface area contributed by atoms with Gasteiger partial charge in [0.1, 0.15) is 16.7 Å². The summed E-state index contributed by atoms with van der Waals surface area (Å²) in [6.45, 7) is 2.03. The molecule has 0 fully saturated rings. The van der Waals surface area contributed by atoms with E-state index in [0.717, 1.165) is 77.1 Å². The van der Waals surface area contributed by atoms with Crippen LogP contribution in [0.25, 0.3) is 83.4 Å². The first-order valence-electron chi connectivity index (χ1n) is 15.9. The molecule has 9 aromatic rings. The molecular weight excluding hydrogens is 592 g/mol. The van der Waals surface area contributed by atoms with Gasteiger partial charge in [-0.05, 0) is 47.0 Å². The second-order valence-electron chi connectivity index (χ2n) is 11.7. The van der Waals surface area contributed by atoms with Crippen LogP contribution in [0.3, 0.4) is 0 Å². The van der Waals surface area contributed by atoms with Crippen LogP contribution in [0.5, 0.6) is 0 Å². The minimum absolute atomic E-state index is 0.396. The molecule has 9 rings (SSSR count). The Morgan fingerprint density at radius 3 is 1.92 bits per heavy atom. The van der Waals surface area contributed by atoms with E-state index < -0.39 is 0 Å². The molecule has 0 unspecified atom stereocenters. The summed E-state index contributed by atoms with van der Waals surface area (Å²) in [5, 5.41) is 5.05. The van der Waals surface area contributed by atoms with Gasteiger partial charge < -0.3 is 14.6 Å². The van der Waals surface area contributed by atoms with E-state index in [1.54, 1.807) is 0 Å². The maximum Gasteiger partial charge on any atom is 0.199 e. The topological polar surface area (TPSA) is 91.0 Å². The molecule has 6 heteroatoms. The van der Waals surface area contributed by atoms with Gasteiger partial charge in [-0.25, -0.2) is 15.0 Å². The van der Waals surface area contributed by atoms with E-state index in [1.807, 2.05) is 91.9 Å². The first kappa shape index (κ1) is 27.8. The molecule has 0 atom stereocenters. The predicted octanol–water partition coefficient (Wildman–Crippen LogP) is 10.7. The zero-order valence-corrected chi connectivity index (χ0v) is 26.0. The molecule has 0 saturated heterocycles. The van der Waals surface area contributed by atoms with E-state index in [2.05, 4.69) is 54.6 Å². The van der Waals surface area contributed by atoms with Gasteiger partial charge in [0, 0.05) is 32.8 Å². The number of anilines is 1. The van der Waals surface area contributed by atoms with Crippen molar-refractivity contribution < 1.29 is 8.83 Å². The van der Waals surface area contributed by atoms with Gasteiger partial charge >= 0.3 is 0 Å². The zero-order chi connectivity index (χ0) is 32.2. The molecule has 0 radical (unpaired) electrons. The quantitative estimate of drug-likeness (QED) is 0.206. The average molecular weight is 621 g/mol. The number of aromatic nitrogens is 3. The molecule has 0 spiro atoms. The van der Waals surface area contributed by atoms with Crippen LogP contribution >= 0.6 is 0 Å². The molecule has 48 heavy (non-hydrogen) atoms. The van der Waals surface area contributed by atoms with Crippen molar-refractivity contribution in [3.63, 3.8) is 0 Å². The number of hydrogen-bond acceptors (Lipinski definition) is 6. The standard InChI is InChI=1S/C42H28N4O2/c1-2-26(38-32-16-7-9-23-35(32)48-39(38)43)27-17-10-19-29-28(27)18-11-20-30(29)41-44-40(25-13-4-3-5-14-25)45-42(46-41)33-21-12-24-36-37(33)31-15-6-8-22-34(31)47-36/h2-24H,43H2,1H3/b26-2-. The van der Waals surface area contributed by atoms with Gasteiger partial charge in [0.2, 0.25) is 0 Å². The van der Waals surface area contributed by atoms with E-state index in [4.69, 9.17) is 29.5 Å². The number of fused-ring (bicyclic) bond motifs is 5. The lowest BCUT2D eigenvalue weighted by Crippen LogP contribution is -2.01. The fourth-order valence-corrected chi connectivity index (χ4v) is 6.81.